The van der Waals surface area contributed by atoms with E-state index in [-0.39, 0.29) is 11.9 Å². The van der Waals surface area contributed by atoms with Gasteiger partial charge in [-0.1, -0.05) is 67.1 Å². The van der Waals surface area contributed by atoms with Crippen LogP contribution in [0.25, 0.3) is 0 Å². The van der Waals surface area contributed by atoms with Crippen LogP contribution in [0.1, 0.15) is 49.3 Å². The first-order valence-corrected chi connectivity index (χ1v) is 9.19. The summed E-state index contributed by atoms with van der Waals surface area (Å²) < 4.78 is 0. The first-order valence-electron chi connectivity index (χ1n) is 9.19. The van der Waals surface area contributed by atoms with E-state index in [1.165, 1.54) is 25.7 Å². The molecule has 2 fully saturated rings. The number of nitrogens with one attached hydrogen (secondary N) is 1. The first-order chi connectivity index (χ1) is 11.8. The topological polar surface area (TPSA) is 29.1 Å². The van der Waals surface area contributed by atoms with E-state index in [0.29, 0.717) is 12.3 Å². The zero-order chi connectivity index (χ0) is 16.4. The number of amides is 1. The predicted molar refractivity (Wildman–Crippen MR) is 96.4 cm³/mol. The monoisotopic (exact) mass is 319 g/mol. The summed E-state index contributed by atoms with van der Waals surface area (Å²) in [5.41, 5.74) is 2.29. The van der Waals surface area contributed by atoms with E-state index < -0.39 is 0 Å². The van der Waals surface area contributed by atoms with Gasteiger partial charge < -0.3 is 5.32 Å². The number of benzene rings is 2. The van der Waals surface area contributed by atoms with Crippen LogP contribution in [-0.4, -0.2) is 5.91 Å². The molecule has 1 amide bonds. The summed E-state index contributed by atoms with van der Waals surface area (Å²) in [6, 6.07) is 20.5. The van der Waals surface area contributed by atoms with Crippen molar-refractivity contribution in [3.8, 4) is 0 Å². The maximum Gasteiger partial charge on any atom is 0.221 e. The van der Waals surface area contributed by atoms with Gasteiger partial charge in [-0.3, -0.25) is 4.79 Å². The lowest BCUT2D eigenvalue weighted by atomic mass is 9.86. The molecule has 0 radical (unpaired) electrons. The number of carbonyl (C=O) groups is 1. The molecule has 0 heterocycles. The minimum atomic E-state index is -0.0570. The van der Waals surface area contributed by atoms with Gasteiger partial charge in [-0.05, 0) is 48.1 Å². The molecule has 3 atom stereocenters. The Kier molecular flexibility index (Phi) is 4.38. The van der Waals surface area contributed by atoms with E-state index in [4.69, 9.17) is 0 Å². The van der Waals surface area contributed by atoms with Crippen molar-refractivity contribution in [3.05, 3.63) is 71.8 Å². The normalized spacial score (nSPS) is 25.1. The van der Waals surface area contributed by atoms with Crippen LogP contribution in [0.15, 0.2) is 60.7 Å². The van der Waals surface area contributed by atoms with E-state index in [1.54, 1.807) is 0 Å². The van der Waals surface area contributed by atoms with E-state index in [2.05, 4.69) is 29.6 Å². The van der Waals surface area contributed by atoms with Crippen LogP contribution in [0.4, 0.5) is 0 Å². The molecule has 2 aromatic rings. The Morgan fingerprint density at radius 1 is 0.917 bits per heavy atom. The molecule has 2 bridgehead atoms. The first kappa shape index (κ1) is 15.4. The number of hydrogen-bond donors (Lipinski definition) is 1. The van der Waals surface area contributed by atoms with Gasteiger partial charge in [0.15, 0.2) is 0 Å². The van der Waals surface area contributed by atoms with Crippen molar-refractivity contribution >= 4 is 5.91 Å². The fourth-order valence-corrected chi connectivity index (χ4v) is 4.73. The molecule has 124 valence electrons. The van der Waals surface area contributed by atoms with E-state index in [0.717, 1.165) is 23.0 Å². The van der Waals surface area contributed by atoms with Gasteiger partial charge in [0.25, 0.3) is 0 Å². The molecule has 2 aliphatic carbocycles. The summed E-state index contributed by atoms with van der Waals surface area (Å²) in [4.78, 5) is 12.7. The second-order valence-corrected chi connectivity index (χ2v) is 7.46. The number of carbonyl (C=O) groups excluding carboxylic acids is 1. The average molecular weight is 319 g/mol. The van der Waals surface area contributed by atoms with Crippen LogP contribution >= 0.6 is 0 Å². The largest absolute Gasteiger partial charge is 0.345 e. The van der Waals surface area contributed by atoms with Crippen molar-refractivity contribution in [3.63, 3.8) is 0 Å². The zero-order valence-corrected chi connectivity index (χ0v) is 14.0. The molecule has 2 nitrogen and oxygen atoms in total. The standard InChI is InChI=1S/C22H25NO/c24-21(15-20-14-16-11-12-19(20)13-16)23-22(17-7-3-1-4-8-17)18-9-5-2-6-10-18/h1-10,16,19-20,22H,11-15H2,(H,23,24)/t16-,19-,20-/m0/s1. The third kappa shape index (κ3) is 3.24. The number of rotatable bonds is 5. The van der Waals surface area contributed by atoms with Crippen LogP contribution in [0, 0.1) is 17.8 Å². The molecule has 2 saturated carbocycles. The molecule has 24 heavy (non-hydrogen) atoms. The SMILES string of the molecule is O=C(C[C@@H]1C[C@H]2CC[C@H]1C2)NC(c1ccccc1)c1ccccc1. The zero-order valence-electron chi connectivity index (χ0n) is 14.0. The Bertz CT molecular complexity index is 642. The van der Waals surface area contributed by atoms with Gasteiger partial charge >= 0.3 is 0 Å². The van der Waals surface area contributed by atoms with Crippen molar-refractivity contribution in [2.24, 2.45) is 17.8 Å². The van der Waals surface area contributed by atoms with Gasteiger partial charge in [-0.25, -0.2) is 0 Å². The van der Waals surface area contributed by atoms with Crippen LogP contribution < -0.4 is 5.32 Å². The summed E-state index contributed by atoms with van der Waals surface area (Å²) in [6.45, 7) is 0. The number of hydrogen-bond acceptors (Lipinski definition) is 1. The van der Waals surface area contributed by atoms with Gasteiger partial charge in [0, 0.05) is 6.42 Å². The van der Waals surface area contributed by atoms with Gasteiger partial charge in [-0.15, -0.1) is 0 Å². The molecule has 0 aromatic heterocycles. The lowest BCUT2D eigenvalue weighted by Crippen LogP contribution is -2.31. The maximum atomic E-state index is 12.7. The van der Waals surface area contributed by atoms with Gasteiger partial charge in [0.1, 0.15) is 0 Å². The van der Waals surface area contributed by atoms with Crippen molar-refractivity contribution in [2.45, 2.75) is 38.1 Å². The lowest BCUT2D eigenvalue weighted by Gasteiger charge is -2.24. The molecule has 2 heteroatoms. The van der Waals surface area contributed by atoms with Crippen LogP contribution in [0.5, 0.6) is 0 Å². The van der Waals surface area contributed by atoms with Crippen LogP contribution in [0.2, 0.25) is 0 Å². The van der Waals surface area contributed by atoms with E-state index >= 15 is 0 Å². The summed E-state index contributed by atoms with van der Waals surface area (Å²) in [5, 5.41) is 3.30. The highest BCUT2D eigenvalue weighted by Gasteiger charge is 2.40. The minimum Gasteiger partial charge on any atom is -0.345 e. The van der Waals surface area contributed by atoms with E-state index in [1.807, 2.05) is 36.4 Å². The highest BCUT2D eigenvalue weighted by Crippen LogP contribution is 2.49. The average Bonchev–Trinajstić information content (AvgIpc) is 3.24. The molecular weight excluding hydrogens is 294 g/mol. The molecule has 0 saturated heterocycles. The summed E-state index contributed by atoms with van der Waals surface area (Å²) in [5.74, 6) is 2.50. The highest BCUT2D eigenvalue weighted by atomic mass is 16.1. The second kappa shape index (κ2) is 6.80. The quantitative estimate of drug-likeness (QED) is 0.849. The van der Waals surface area contributed by atoms with Crippen molar-refractivity contribution in [1.29, 1.82) is 0 Å². The van der Waals surface area contributed by atoms with Gasteiger partial charge in [0.2, 0.25) is 5.91 Å². The van der Waals surface area contributed by atoms with Crippen molar-refractivity contribution in [1.82, 2.24) is 5.32 Å². The van der Waals surface area contributed by atoms with Crippen LogP contribution in [-0.2, 0) is 4.79 Å². The summed E-state index contributed by atoms with van der Waals surface area (Å²) in [6.07, 6.45) is 6.04. The molecular formula is C22H25NO. The van der Waals surface area contributed by atoms with Crippen molar-refractivity contribution in [2.75, 3.05) is 0 Å². The Hall–Kier alpha value is -2.09. The molecule has 1 N–H and O–H groups in total. The predicted octanol–water partition coefficient (Wildman–Crippen LogP) is 4.72. The Labute approximate surface area is 144 Å². The van der Waals surface area contributed by atoms with Gasteiger partial charge in [-0.2, -0.15) is 0 Å². The maximum absolute atomic E-state index is 12.7. The highest BCUT2D eigenvalue weighted by molar-refractivity contribution is 5.77. The smallest absolute Gasteiger partial charge is 0.221 e. The minimum absolute atomic E-state index is 0.0570. The molecule has 0 aliphatic heterocycles. The molecule has 0 spiro atoms. The Balaban J connectivity index is 1.48. The summed E-state index contributed by atoms with van der Waals surface area (Å²) >= 11 is 0. The second-order valence-electron chi connectivity index (χ2n) is 7.46. The molecule has 0 unspecified atom stereocenters. The van der Waals surface area contributed by atoms with Crippen molar-refractivity contribution < 1.29 is 4.79 Å². The fourth-order valence-electron chi connectivity index (χ4n) is 4.73. The van der Waals surface area contributed by atoms with Crippen LogP contribution in [0.3, 0.4) is 0 Å². The fraction of sp³-hybridized carbons (Fsp3) is 0.409. The Morgan fingerprint density at radius 2 is 1.54 bits per heavy atom. The third-order valence-electron chi connectivity index (χ3n) is 5.90. The lowest BCUT2D eigenvalue weighted by molar-refractivity contribution is -0.122. The Morgan fingerprint density at radius 3 is 2.04 bits per heavy atom. The summed E-state index contributed by atoms with van der Waals surface area (Å²) in [7, 11) is 0. The number of fused-ring (bicyclic) bond motifs is 2. The van der Waals surface area contributed by atoms with Gasteiger partial charge in [0.05, 0.1) is 6.04 Å². The van der Waals surface area contributed by atoms with E-state index in [9.17, 15) is 4.79 Å². The third-order valence-corrected chi connectivity index (χ3v) is 5.90. The molecule has 2 aromatic carbocycles. The molecule has 2 aliphatic rings. The molecule has 4 rings (SSSR count).